The first kappa shape index (κ1) is 12.1. The molecule has 0 spiro atoms. The Morgan fingerprint density at radius 3 is 2.81 bits per heavy atom. The first-order valence-corrected chi connectivity index (χ1v) is 7.14. The monoisotopic (exact) mass is 237 g/mol. The van der Waals surface area contributed by atoms with Crippen LogP contribution in [0.5, 0.6) is 0 Å². The average Bonchev–Trinajstić information content (AvgIpc) is 2.65. The van der Waals surface area contributed by atoms with Gasteiger partial charge in [0.15, 0.2) is 0 Å². The second-order valence-corrected chi connectivity index (χ2v) is 6.91. The minimum absolute atomic E-state index is 0.398. The van der Waals surface area contributed by atoms with Crippen LogP contribution in [0.3, 0.4) is 0 Å². The zero-order chi connectivity index (χ0) is 11.9. The van der Waals surface area contributed by atoms with Gasteiger partial charge < -0.3 is 5.32 Å². The van der Waals surface area contributed by atoms with Crippen LogP contribution >= 0.6 is 11.3 Å². The second-order valence-electron chi connectivity index (χ2n) is 6.03. The summed E-state index contributed by atoms with van der Waals surface area (Å²) in [4.78, 5) is 1.63. The number of nitrogens with one attached hydrogen (secondary N) is 1. The summed E-state index contributed by atoms with van der Waals surface area (Å²) >= 11 is 1.96. The van der Waals surface area contributed by atoms with Gasteiger partial charge >= 0.3 is 0 Å². The number of hydrogen-bond donors (Lipinski definition) is 1. The molecule has 1 N–H and O–H groups in total. The minimum atomic E-state index is 0.398. The number of rotatable bonds is 3. The van der Waals surface area contributed by atoms with Crippen LogP contribution in [0.4, 0.5) is 0 Å². The maximum atomic E-state index is 3.53. The van der Waals surface area contributed by atoms with Crippen molar-refractivity contribution in [2.45, 2.75) is 65.0 Å². The third-order valence-electron chi connectivity index (χ3n) is 3.53. The molecule has 90 valence electrons. The van der Waals surface area contributed by atoms with Crippen LogP contribution in [0.2, 0.25) is 0 Å². The molecule has 2 rings (SSSR count). The van der Waals surface area contributed by atoms with Crippen molar-refractivity contribution in [1.82, 2.24) is 5.32 Å². The highest BCUT2D eigenvalue weighted by Crippen LogP contribution is 2.50. The van der Waals surface area contributed by atoms with E-state index in [1.807, 2.05) is 11.3 Å². The lowest BCUT2D eigenvalue weighted by Gasteiger charge is -2.16. The van der Waals surface area contributed by atoms with Crippen LogP contribution in [0.1, 0.15) is 63.0 Å². The first-order chi connectivity index (χ1) is 7.42. The van der Waals surface area contributed by atoms with Crippen LogP contribution in [-0.4, -0.2) is 6.04 Å². The summed E-state index contributed by atoms with van der Waals surface area (Å²) in [5, 5.41) is 5.89. The maximum absolute atomic E-state index is 3.53. The molecular formula is C14H23NS. The van der Waals surface area contributed by atoms with Crippen LogP contribution in [0.15, 0.2) is 5.38 Å². The molecule has 0 amide bonds. The molecule has 1 heterocycles. The summed E-state index contributed by atoms with van der Waals surface area (Å²) < 4.78 is 0. The number of thiophene rings is 1. The molecule has 0 saturated heterocycles. The fraction of sp³-hybridized carbons (Fsp3) is 0.714. The molecule has 0 saturated carbocycles. The predicted octanol–water partition coefficient (Wildman–Crippen LogP) is 4.03. The highest BCUT2D eigenvalue weighted by molar-refractivity contribution is 7.10. The van der Waals surface area contributed by atoms with Gasteiger partial charge in [-0.3, -0.25) is 0 Å². The van der Waals surface area contributed by atoms with Gasteiger partial charge in [-0.1, -0.05) is 34.6 Å². The minimum Gasteiger partial charge on any atom is -0.310 e. The Bertz CT molecular complexity index is 376. The Balaban J connectivity index is 2.24. The van der Waals surface area contributed by atoms with Gasteiger partial charge in [0, 0.05) is 17.5 Å². The number of fused-ring (bicyclic) bond motifs is 1. The van der Waals surface area contributed by atoms with Gasteiger partial charge in [-0.15, -0.1) is 11.3 Å². The van der Waals surface area contributed by atoms with Crippen molar-refractivity contribution >= 4 is 11.3 Å². The smallest absolute Gasteiger partial charge is 0.0219 e. The van der Waals surface area contributed by atoms with Gasteiger partial charge in [-0.25, -0.2) is 0 Å². The van der Waals surface area contributed by atoms with Gasteiger partial charge in [0.25, 0.3) is 0 Å². The first-order valence-electron chi connectivity index (χ1n) is 6.26. The van der Waals surface area contributed by atoms with E-state index in [1.165, 1.54) is 12.0 Å². The van der Waals surface area contributed by atoms with Crippen molar-refractivity contribution in [3.8, 4) is 0 Å². The summed E-state index contributed by atoms with van der Waals surface area (Å²) in [6.45, 7) is 12.6. The van der Waals surface area contributed by atoms with Gasteiger partial charge in [0.2, 0.25) is 0 Å². The van der Waals surface area contributed by atoms with E-state index in [1.54, 1.807) is 10.4 Å². The normalized spacial score (nSPS) is 22.8. The molecule has 2 heteroatoms. The molecule has 16 heavy (non-hydrogen) atoms. The van der Waals surface area contributed by atoms with Crippen molar-refractivity contribution < 1.29 is 0 Å². The molecule has 0 bridgehead atoms. The average molecular weight is 237 g/mol. The molecule has 0 aliphatic heterocycles. The van der Waals surface area contributed by atoms with Gasteiger partial charge in [0.1, 0.15) is 0 Å². The van der Waals surface area contributed by atoms with Crippen LogP contribution in [0.25, 0.3) is 0 Å². The van der Waals surface area contributed by atoms with E-state index in [4.69, 9.17) is 0 Å². The van der Waals surface area contributed by atoms with Crippen LogP contribution in [-0.2, 0) is 12.0 Å². The quantitative estimate of drug-likeness (QED) is 0.837. The Morgan fingerprint density at radius 1 is 1.50 bits per heavy atom. The summed E-state index contributed by atoms with van der Waals surface area (Å²) in [5.41, 5.74) is 3.57. The van der Waals surface area contributed by atoms with Crippen molar-refractivity contribution in [1.29, 1.82) is 0 Å². The van der Waals surface area contributed by atoms with E-state index in [2.05, 4.69) is 45.3 Å². The van der Waals surface area contributed by atoms with E-state index >= 15 is 0 Å². The van der Waals surface area contributed by atoms with E-state index in [0.29, 0.717) is 11.5 Å². The Labute approximate surface area is 103 Å². The highest BCUT2D eigenvalue weighted by atomic mass is 32.1. The Morgan fingerprint density at radius 2 is 2.19 bits per heavy atom. The van der Waals surface area contributed by atoms with Crippen molar-refractivity contribution in [3.63, 3.8) is 0 Å². The van der Waals surface area contributed by atoms with Gasteiger partial charge in [-0.2, -0.15) is 0 Å². The molecule has 1 aliphatic rings. The molecule has 0 aromatic carbocycles. The number of hydrogen-bond acceptors (Lipinski definition) is 2. The van der Waals surface area contributed by atoms with Crippen molar-refractivity contribution in [2.75, 3.05) is 0 Å². The summed E-state index contributed by atoms with van der Waals surface area (Å²) in [6.07, 6.45) is 1.31. The molecule has 1 aliphatic carbocycles. The summed E-state index contributed by atoms with van der Waals surface area (Å²) in [5.74, 6) is 0.736. The lowest BCUT2D eigenvalue weighted by Crippen LogP contribution is -2.22. The largest absolute Gasteiger partial charge is 0.310 e. The van der Waals surface area contributed by atoms with E-state index in [0.717, 1.165) is 12.5 Å². The summed E-state index contributed by atoms with van der Waals surface area (Å²) in [7, 11) is 0. The lowest BCUT2D eigenvalue weighted by molar-refractivity contribution is 0.494. The Hall–Kier alpha value is -0.340. The van der Waals surface area contributed by atoms with E-state index in [9.17, 15) is 0 Å². The lowest BCUT2D eigenvalue weighted by atomic mass is 9.91. The third kappa shape index (κ3) is 2.05. The maximum Gasteiger partial charge on any atom is 0.0219 e. The molecule has 1 aromatic rings. The SMILES string of the molecule is CC(C)NCc1csc2c1C(C)CC2(C)C. The topological polar surface area (TPSA) is 12.0 Å². The van der Waals surface area contributed by atoms with Crippen LogP contribution < -0.4 is 5.32 Å². The highest BCUT2D eigenvalue weighted by Gasteiger charge is 2.37. The fourth-order valence-electron chi connectivity index (χ4n) is 2.88. The zero-order valence-electron chi connectivity index (χ0n) is 11.1. The molecule has 1 nitrogen and oxygen atoms in total. The van der Waals surface area contributed by atoms with Gasteiger partial charge in [-0.05, 0) is 34.3 Å². The molecular weight excluding hydrogens is 214 g/mol. The van der Waals surface area contributed by atoms with E-state index in [-0.39, 0.29) is 0 Å². The molecule has 1 atom stereocenters. The standard InChI is InChI=1S/C14H23NS/c1-9(2)15-7-11-8-16-13-12(11)10(3)6-14(13,4)5/h8-10,15H,6-7H2,1-5H3. The van der Waals surface area contributed by atoms with Crippen molar-refractivity contribution in [2.24, 2.45) is 0 Å². The molecule has 0 radical (unpaired) electrons. The zero-order valence-corrected chi connectivity index (χ0v) is 11.9. The fourth-order valence-corrected chi connectivity index (χ4v) is 4.21. The second kappa shape index (κ2) is 4.15. The molecule has 1 unspecified atom stereocenters. The predicted molar refractivity (Wildman–Crippen MR) is 72.4 cm³/mol. The van der Waals surface area contributed by atoms with Crippen LogP contribution in [0, 0.1) is 0 Å². The molecule has 1 aromatic heterocycles. The molecule has 0 fully saturated rings. The van der Waals surface area contributed by atoms with Crippen molar-refractivity contribution in [3.05, 3.63) is 21.4 Å². The Kier molecular flexibility index (Phi) is 3.15. The van der Waals surface area contributed by atoms with Gasteiger partial charge in [0.05, 0.1) is 0 Å². The summed E-state index contributed by atoms with van der Waals surface area (Å²) in [6, 6.07) is 0.570. The third-order valence-corrected chi connectivity index (χ3v) is 4.94. The van der Waals surface area contributed by atoms with E-state index < -0.39 is 0 Å².